The Balaban J connectivity index is 1.72. The number of hydrogen-bond donors (Lipinski definition) is 2. The van der Waals surface area contributed by atoms with Crippen molar-refractivity contribution < 1.29 is 18.0 Å². The Bertz CT molecular complexity index is 946. The molecule has 0 atom stereocenters. The molecule has 0 aliphatic heterocycles. The van der Waals surface area contributed by atoms with Crippen LogP contribution < -0.4 is 10.6 Å². The molecular formula is C17H10ClF3N4O. The fourth-order valence-electron chi connectivity index (χ4n) is 2.02. The van der Waals surface area contributed by atoms with E-state index >= 15 is 0 Å². The van der Waals surface area contributed by atoms with Crippen molar-refractivity contribution in [2.75, 3.05) is 10.6 Å². The van der Waals surface area contributed by atoms with Gasteiger partial charge >= 0.3 is 0 Å². The van der Waals surface area contributed by atoms with Crippen molar-refractivity contribution in [3.05, 3.63) is 77.0 Å². The normalized spacial score (nSPS) is 10.5. The number of anilines is 3. The van der Waals surface area contributed by atoms with Crippen LogP contribution in [-0.2, 0) is 0 Å². The molecule has 0 saturated heterocycles. The van der Waals surface area contributed by atoms with Crippen molar-refractivity contribution >= 4 is 34.7 Å². The van der Waals surface area contributed by atoms with Crippen LogP contribution in [0.4, 0.5) is 30.4 Å². The minimum absolute atomic E-state index is 0.0509. The number of halogens is 4. The Morgan fingerprint density at radius 1 is 0.962 bits per heavy atom. The van der Waals surface area contributed by atoms with Gasteiger partial charge in [0.25, 0.3) is 5.91 Å². The monoisotopic (exact) mass is 378 g/mol. The summed E-state index contributed by atoms with van der Waals surface area (Å²) >= 11 is 5.64. The highest BCUT2D eigenvalue weighted by atomic mass is 35.5. The van der Waals surface area contributed by atoms with Crippen LogP contribution >= 0.6 is 11.6 Å². The number of nitrogens with zero attached hydrogens (tertiary/aromatic N) is 2. The third-order valence-electron chi connectivity index (χ3n) is 3.28. The number of amides is 1. The van der Waals surface area contributed by atoms with Gasteiger partial charge in [-0.15, -0.1) is 0 Å². The molecule has 0 radical (unpaired) electrons. The van der Waals surface area contributed by atoms with E-state index < -0.39 is 23.4 Å². The molecule has 0 aliphatic rings. The van der Waals surface area contributed by atoms with Crippen molar-refractivity contribution in [2.45, 2.75) is 0 Å². The Labute approximate surface area is 150 Å². The Morgan fingerprint density at radius 2 is 1.69 bits per heavy atom. The van der Waals surface area contributed by atoms with Crippen molar-refractivity contribution in [3.8, 4) is 0 Å². The average molecular weight is 379 g/mol. The number of rotatable bonds is 4. The van der Waals surface area contributed by atoms with Crippen LogP contribution in [0.15, 0.2) is 48.8 Å². The van der Waals surface area contributed by atoms with Gasteiger partial charge < -0.3 is 10.6 Å². The molecule has 2 aromatic carbocycles. The lowest BCUT2D eigenvalue weighted by Crippen LogP contribution is -2.14. The molecule has 3 rings (SSSR count). The summed E-state index contributed by atoms with van der Waals surface area (Å²) < 4.78 is 40.3. The van der Waals surface area contributed by atoms with E-state index in [4.69, 9.17) is 11.6 Å². The maximum Gasteiger partial charge on any atom is 0.275 e. The van der Waals surface area contributed by atoms with E-state index in [0.29, 0.717) is 0 Å². The fourth-order valence-corrected chi connectivity index (χ4v) is 2.20. The van der Waals surface area contributed by atoms with Gasteiger partial charge in [-0.05, 0) is 30.3 Å². The molecule has 3 aromatic rings. The van der Waals surface area contributed by atoms with Crippen LogP contribution in [-0.4, -0.2) is 15.9 Å². The molecule has 0 fully saturated rings. The molecule has 2 N–H and O–H groups in total. The van der Waals surface area contributed by atoms with Crippen LogP contribution in [0, 0.1) is 17.5 Å². The van der Waals surface area contributed by atoms with Crippen LogP contribution in [0.2, 0.25) is 5.02 Å². The van der Waals surface area contributed by atoms with Crippen LogP contribution in [0.3, 0.4) is 0 Å². The van der Waals surface area contributed by atoms with Gasteiger partial charge in [0.15, 0.2) is 0 Å². The first-order valence-electron chi connectivity index (χ1n) is 7.23. The lowest BCUT2D eigenvalue weighted by atomic mass is 10.3. The zero-order valence-electron chi connectivity index (χ0n) is 12.9. The lowest BCUT2D eigenvalue weighted by molar-refractivity contribution is 0.102. The molecular weight excluding hydrogens is 369 g/mol. The number of nitrogens with one attached hydrogen (secondary N) is 2. The molecule has 0 bridgehead atoms. The van der Waals surface area contributed by atoms with E-state index in [2.05, 4.69) is 20.6 Å². The summed E-state index contributed by atoms with van der Waals surface area (Å²) in [6.07, 6.45) is 2.28. The molecule has 26 heavy (non-hydrogen) atoms. The third-order valence-corrected chi connectivity index (χ3v) is 3.57. The molecule has 0 aliphatic carbocycles. The molecule has 5 nitrogen and oxygen atoms in total. The van der Waals surface area contributed by atoms with E-state index in [0.717, 1.165) is 30.6 Å². The average Bonchev–Trinajstić information content (AvgIpc) is 2.62. The van der Waals surface area contributed by atoms with Crippen molar-refractivity contribution in [1.29, 1.82) is 0 Å². The quantitative estimate of drug-likeness (QED) is 0.699. The SMILES string of the molecule is O=C(Nc1ccc(F)c(Cl)c1)c1cnc(Nc2c(F)cccc2F)cn1. The van der Waals surface area contributed by atoms with E-state index in [1.807, 2.05) is 0 Å². The Kier molecular flexibility index (Phi) is 5.04. The summed E-state index contributed by atoms with van der Waals surface area (Å²) in [6.45, 7) is 0. The lowest BCUT2D eigenvalue weighted by Gasteiger charge is -2.08. The molecule has 1 heterocycles. The predicted molar refractivity (Wildman–Crippen MR) is 91.0 cm³/mol. The summed E-state index contributed by atoms with van der Waals surface area (Å²) in [7, 11) is 0. The molecule has 0 saturated carbocycles. The molecule has 132 valence electrons. The Morgan fingerprint density at radius 3 is 2.31 bits per heavy atom. The summed E-state index contributed by atoms with van der Waals surface area (Å²) in [5.41, 5.74) is -0.149. The van der Waals surface area contributed by atoms with E-state index in [1.165, 1.54) is 18.2 Å². The predicted octanol–water partition coefficient (Wildman–Crippen LogP) is 4.54. The van der Waals surface area contributed by atoms with Gasteiger partial charge in [-0.2, -0.15) is 0 Å². The van der Waals surface area contributed by atoms with Crippen molar-refractivity contribution in [1.82, 2.24) is 9.97 Å². The van der Waals surface area contributed by atoms with Gasteiger partial charge in [0.1, 0.15) is 34.7 Å². The minimum Gasteiger partial charge on any atom is -0.334 e. The van der Waals surface area contributed by atoms with Crippen LogP contribution in [0.5, 0.6) is 0 Å². The molecule has 0 spiro atoms. The number of carbonyl (C=O) groups is 1. The Hall–Kier alpha value is -3.13. The summed E-state index contributed by atoms with van der Waals surface area (Å²) in [5.74, 6) is -2.75. The zero-order valence-corrected chi connectivity index (χ0v) is 13.7. The van der Waals surface area contributed by atoms with Gasteiger partial charge in [-0.3, -0.25) is 4.79 Å². The van der Waals surface area contributed by atoms with Crippen LogP contribution in [0.25, 0.3) is 0 Å². The van der Waals surface area contributed by atoms with E-state index in [9.17, 15) is 18.0 Å². The minimum atomic E-state index is -0.790. The summed E-state index contributed by atoms with van der Waals surface area (Å²) in [4.78, 5) is 19.9. The van der Waals surface area contributed by atoms with Crippen molar-refractivity contribution in [3.63, 3.8) is 0 Å². The van der Waals surface area contributed by atoms with Gasteiger partial charge in [-0.25, -0.2) is 23.1 Å². The number of aromatic nitrogens is 2. The second-order valence-electron chi connectivity index (χ2n) is 5.09. The van der Waals surface area contributed by atoms with Gasteiger partial charge in [0, 0.05) is 5.69 Å². The van der Waals surface area contributed by atoms with E-state index in [1.54, 1.807) is 0 Å². The molecule has 0 unspecified atom stereocenters. The van der Waals surface area contributed by atoms with Gasteiger partial charge in [0.05, 0.1) is 17.4 Å². The molecule has 9 heteroatoms. The number of carbonyl (C=O) groups excluding carboxylic acids is 1. The highest BCUT2D eigenvalue weighted by Crippen LogP contribution is 2.22. The zero-order chi connectivity index (χ0) is 18.7. The topological polar surface area (TPSA) is 66.9 Å². The molecule has 1 aromatic heterocycles. The second kappa shape index (κ2) is 7.40. The number of para-hydroxylation sites is 1. The first-order chi connectivity index (χ1) is 12.4. The number of benzene rings is 2. The van der Waals surface area contributed by atoms with Crippen LogP contribution in [0.1, 0.15) is 10.5 Å². The van der Waals surface area contributed by atoms with E-state index in [-0.39, 0.29) is 27.9 Å². The first-order valence-corrected chi connectivity index (χ1v) is 7.61. The summed E-state index contributed by atoms with van der Waals surface area (Å²) in [5, 5.41) is 4.80. The van der Waals surface area contributed by atoms with Gasteiger partial charge in [-0.1, -0.05) is 17.7 Å². The smallest absolute Gasteiger partial charge is 0.275 e. The second-order valence-corrected chi connectivity index (χ2v) is 5.50. The largest absolute Gasteiger partial charge is 0.334 e. The van der Waals surface area contributed by atoms with Crippen molar-refractivity contribution in [2.24, 2.45) is 0 Å². The maximum atomic E-state index is 13.6. The standard InChI is InChI=1S/C17H10ClF3N4O/c18-10-6-9(4-5-11(10)19)24-17(26)14-7-23-15(8-22-14)25-16-12(20)2-1-3-13(16)21/h1-8H,(H,23,25)(H,24,26). The highest BCUT2D eigenvalue weighted by Gasteiger charge is 2.12. The maximum absolute atomic E-state index is 13.6. The fraction of sp³-hybridized carbons (Fsp3) is 0. The molecule has 1 amide bonds. The summed E-state index contributed by atoms with van der Waals surface area (Å²) in [6, 6.07) is 7.11. The first kappa shape index (κ1) is 17.7. The van der Waals surface area contributed by atoms with Gasteiger partial charge in [0.2, 0.25) is 0 Å². The number of hydrogen-bond acceptors (Lipinski definition) is 4. The third kappa shape index (κ3) is 3.92. The highest BCUT2D eigenvalue weighted by molar-refractivity contribution is 6.31.